The quantitative estimate of drug-likeness (QED) is 0.886. The molecular formula is C14H18N2O2. The number of benzene rings is 1. The molecule has 4 heteroatoms. The van der Waals surface area contributed by atoms with E-state index in [1.165, 1.54) is 12.5 Å². The molecule has 1 saturated heterocycles. The van der Waals surface area contributed by atoms with Crippen molar-refractivity contribution in [1.82, 2.24) is 10.2 Å². The van der Waals surface area contributed by atoms with Crippen molar-refractivity contribution in [3.05, 3.63) is 34.9 Å². The number of aryl methyl sites for hydroxylation is 2. The van der Waals surface area contributed by atoms with Gasteiger partial charge in [0.25, 0.3) is 0 Å². The van der Waals surface area contributed by atoms with Crippen molar-refractivity contribution in [2.75, 3.05) is 13.1 Å². The summed E-state index contributed by atoms with van der Waals surface area (Å²) in [5, 5.41) is 2.93. The molecule has 1 aliphatic heterocycles. The minimum atomic E-state index is -0.156. The average molecular weight is 246 g/mol. The SMILES string of the molecule is CC(=O)CN1CC(c2cc(C)ccc2C)NC1=O. The maximum absolute atomic E-state index is 11.8. The molecule has 1 fully saturated rings. The Morgan fingerprint density at radius 3 is 2.83 bits per heavy atom. The van der Waals surface area contributed by atoms with Gasteiger partial charge in [-0.1, -0.05) is 23.8 Å². The van der Waals surface area contributed by atoms with E-state index in [2.05, 4.69) is 23.5 Å². The zero-order valence-electron chi connectivity index (χ0n) is 11.0. The maximum Gasteiger partial charge on any atom is 0.318 e. The van der Waals surface area contributed by atoms with Gasteiger partial charge in [-0.3, -0.25) is 4.79 Å². The lowest BCUT2D eigenvalue weighted by Crippen LogP contribution is -2.32. The fraction of sp³-hybridized carbons (Fsp3) is 0.429. The van der Waals surface area contributed by atoms with E-state index in [4.69, 9.17) is 0 Å². The summed E-state index contributed by atoms with van der Waals surface area (Å²) in [4.78, 5) is 24.4. The highest BCUT2D eigenvalue weighted by molar-refractivity contribution is 5.85. The molecule has 1 aromatic carbocycles. The van der Waals surface area contributed by atoms with Crippen LogP contribution in [0, 0.1) is 13.8 Å². The van der Waals surface area contributed by atoms with Crippen molar-refractivity contribution in [2.45, 2.75) is 26.8 Å². The van der Waals surface area contributed by atoms with Gasteiger partial charge in [0, 0.05) is 6.54 Å². The molecule has 2 rings (SSSR count). The third-order valence-corrected chi connectivity index (χ3v) is 3.21. The average Bonchev–Trinajstić information content (AvgIpc) is 2.63. The molecule has 0 aliphatic carbocycles. The van der Waals surface area contributed by atoms with Gasteiger partial charge in [-0.25, -0.2) is 4.79 Å². The normalized spacial score (nSPS) is 18.9. The molecule has 0 aromatic heterocycles. The number of urea groups is 1. The van der Waals surface area contributed by atoms with Crippen LogP contribution in [0.5, 0.6) is 0 Å². The highest BCUT2D eigenvalue weighted by Crippen LogP contribution is 2.24. The zero-order valence-corrected chi connectivity index (χ0v) is 11.0. The molecule has 4 nitrogen and oxygen atoms in total. The minimum absolute atomic E-state index is 0.00626. The maximum atomic E-state index is 11.8. The molecule has 1 heterocycles. The predicted molar refractivity (Wildman–Crippen MR) is 69.4 cm³/mol. The van der Waals surface area contributed by atoms with E-state index in [0.717, 1.165) is 11.1 Å². The second-order valence-electron chi connectivity index (χ2n) is 4.94. The van der Waals surface area contributed by atoms with Crippen LogP contribution >= 0.6 is 0 Å². The van der Waals surface area contributed by atoms with Crippen molar-refractivity contribution in [3.63, 3.8) is 0 Å². The Hall–Kier alpha value is -1.84. The monoisotopic (exact) mass is 246 g/mol. The van der Waals surface area contributed by atoms with E-state index in [0.29, 0.717) is 6.54 Å². The Labute approximate surface area is 107 Å². The van der Waals surface area contributed by atoms with Crippen molar-refractivity contribution >= 4 is 11.8 Å². The summed E-state index contributed by atoms with van der Waals surface area (Å²) in [6.07, 6.45) is 0. The first kappa shape index (κ1) is 12.6. The van der Waals surface area contributed by atoms with Crippen LogP contribution in [-0.4, -0.2) is 29.8 Å². The lowest BCUT2D eigenvalue weighted by molar-refractivity contribution is -0.117. The first-order chi connectivity index (χ1) is 8.47. The highest BCUT2D eigenvalue weighted by atomic mass is 16.2. The minimum Gasteiger partial charge on any atom is -0.329 e. The van der Waals surface area contributed by atoms with Gasteiger partial charge in [-0.15, -0.1) is 0 Å². The van der Waals surface area contributed by atoms with E-state index in [1.54, 1.807) is 4.90 Å². The second kappa shape index (κ2) is 4.80. The number of ketones is 1. The van der Waals surface area contributed by atoms with Gasteiger partial charge in [0.2, 0.25) is 0 Å². The molecule has 0 saturated carbocycles. The fourth-order valence-corrected chi connectivity index (χ4v) is 2.31. The molecule has 96 valence electrons. The van der Waals surface area contributed by atoms with Gasteiger partial charge >= 0.3 is 6.03 Å². The molecule has 1 unspecified atom stereocenters. The number of rotatable bonds is 3. The van der Waals surface area contributed by atoms with Crippen LogP contribution in [0.25, 0.3) is 0 Å². The summed E-state index contributed by atoms with van der Waals surface area (Å²) in [5.74, 6) is 0.00626. The van der Waals surface area contributed by atoms with Crippen LogP contribution < -0.4 is 5.32 Å². The Bertz CT molecular complexity index is 497. The molecule has 0 bridgehead atoms. The molecule has 1 N–H and O–H groups in total. The number of carbonyl (C=O) groups is 2. The summed E-state index contributed by atoms with van der Waals surface area (Å²) in [5.41, 5.74) is 3.47. The number of amides is 2. The lowest BCUT2D eigenvalue weighted by Gasteiger charge is -2.15. The molecule has 0 radical (unpaired) electrons. The van der Waals surface area contributed by atoms with Crippen molar-refractivity contribution in [2.24, 2.45) is 0 Å². The van der Waals surface area contributed by atoms with Crippen LogP contribution in [0.2, 0.25) is 0 Å². The predicted octanol–water partition coefficient (Wildman–Crippen LogP) is 1.96. The number of hydrogen-bond donors (Lipinski definition) is 1. The summed E-state index contributed by atoms with van der Waals surface area (Å²) in [7, 11) is 0. The van der Waals surface area contributed by atoms with Crippen LogP contribution in [0.1, 0.15) is 29.7 Å². The largest absolute Gasteiger partial charge is 0.329 e. The summed E-state index contributed by atoms with van der Waals surface area (Å²) in [6, 6.07) is 6.04. The van der Waals surface area contributed by atoms with Crippen molar-refractivity contribution < 1.29 is 9.59 Å². The number of hydrogen-bond acceptors (Lipinski definition) is 2. The van der Waals surface area contributed by atoms with Gasteiger partial charge < -0.3 is 10.2 Å². The lowest BCUT2D eigenvalue weighted by atomic mass is 9.99. The molecular weight excluding hydrogens is 228 g/mol. The van der Waals surface area contributed by atoms with E-state index >= 15 is 0 Å². The standard InChI is InChI=1S/C14H18N2O2/c1-9-4-5-10(2)12(6-9)13-8-16(7-11(3)17)14(18)15-13/h4-6,13H,7-8H2,1-3H3,(H,15,18). The number of Topliss-reactive ketones (excluding diaryl/α,β-unsaturated/α-hetero) is 1. The third-order valence-electron chi connectivity index (χ3n) is 3.21. The Morgan fingerprint density at radius 2 is 2.17 bits per heavy atom. The molecule has 1 aromatic rings. The van der Waals surface area contributed by atoms with Crippen LogP contribution in [0.15, 0.2) is 18.2 Å². The highest BCUT2D eigenvalue weighted by Gasteiger charge is 2.30. The first-order valence-electron chi connectivity index (χ1n) is 6.09. The second-order valence-corrected chi connectivity index (χ2v) is 4.94. The van der Waals surface area contributed by atoms with Gasteiger partial charge in [0.15, 0.2) is 0 Å². The first-order valence-corrected chi connectivity index (χ1v) is 6.09. The Morgan fingerprint density at radius 1 is 1.44 bits per heavy atom. The van der Waals surface area contributed by atoms with Gasteiger partial charge in [-0.2, -0.15) is 0 Å². The number of nitrogens with zero attached hydrogens (tertiary/aromatic N) is 1. The third kappa shape index (κ3) is 2.53. The van der Waals surface area contributed by atoms with Gasteiger partial charge in [0.1, 0.15) is 5.78 Å². The molecule has 0 spiro atoms. The number of carbonyl (C=O) groups excluding carboxylic acids is 2. The van der Waals surface area contributed by atoms with Crippen LogP contribution in [0.3, 0.4) is 0 Å². The molecule has 1 atom stereocenters. The summed E-state index contributed by atoms with van der Waals surface area (Å²) in [6.45, 7) is 6.32. The summed E-state index contributed by atoms with van der Waals surface area (Å²) >= 11 is 0. The van der Waals surface area contributed by atoms with Gasteiger partial charge in [-0.05, 0) is 31.9 Å². The topological polar surface area (TPSA) is 49.4 Å². The van der Waals surface area contributed by atoms with Crippen molar-refractivity contribution in [3.8, 4) is 0 Å². The zero-order chi connectivity index (χ0) is 13.3. The fourth-order valence-electron chi connectivity index (χ4n) is 2.31. The Balaban J connectivity index is 2.19. The van der Waals surface area contributed by atoms with E-state index in [1.807, 2.05) is 13.8 Å². The molecule has 18 heavy (non-hydrogen) atoms. The smallest absolute Gasteiger partial charge is 0.318 e. The summed E-state index contributed by atoms with van der Waals surface area (Å²) < 4.78 is 0. The molecule has 1 aliphatic rings. The van der Waals surface area contributed by atoms with Crippen molar-refractivity contribution in [1.29, 1.82) is 0 Å². The van der Waals surface area contributed by atoms with E-state index < -0.39 is 0 Å². The Kier molecular flexibility index (Phi) is 3.36. The van der Waals surface area contributed by atoms with Crippen LogP contribution in [0.4, 0.5) is 4.79 Å². The van der Waals surface area contributed by atoms with E-state index in [-0.39, 0.29) is 24.4 Å². The number of nitrogens with one attached hydrogen (secondary N) is 1. The van der Waals surface area contributed by atoms with E-state index in [9.17, 15) is 9.59 Å². The van der Waals surface area contributed by atoms with Crippen LogP contribution in [-0.2, 0) is 4.79 Å². The molecule has 2 amide bonds. The van der Waals surface area contributed by atoms with Gasteiger partial charge in [0.05, 0.1) is 12.6 Å².